The predicted octanol–water partition coefficient (Wildman–Crippen LogP) is 2.87. The third-order valence-corrected chi connectivity index (χ3v) is 3.05. The van der Waals surface area contributed by atoms with Crippen molar-refractivity contribution in [1.29, 1.82) is 0 Å². The maximum absolute atomic E-state index is 11.9. The van der Waals surface area contributed by atoms with Crippen LogP contribution in [0, 0.1) is 17.0 Å². The summed E-state index contributed by atoms with van der Waals surface area (Å²) in [5.74, 6) is -0.183. The Kier molecular flexibility index (Phi) is 4.61. The highest BCUT2D eigenvalue weighted by Gasteiger charge is 2.12. The summed E-state index contributed by atoms with van der Waals surface area (Å²) in [7, 11) is 0. The number of nitro groups is 1. The topological polar surface area (TPSA) is 85.1 Å². The smallest absolute Gasteiger partial charge is 0.274 e. The molecule has 0 saturated heterocycles. The molecule has 1 N–H and O–H groups in total. The molecule has 1 aromatic carbocycles. The molecule has 2 aromatic rings. The molecule has 6 heteroatoms. The van der Waals surface area contributed by atoms with Gasteiger partial charge in [-0.25, -0.2) is 0 Å². The van der Waals surface area contributed by atoms with E-state index < -0.39 is 4.92 Å². The minimum Gasteiger partial charge on any atom is -0.326 e. The first-order valence-electron chi connectivity index (χ1n) is 6.50. The summed E-state index contributed by atoms with van der Waals surface area (Å²) in [4.78, 5) is 26.2. The first-order chi connectivity index (χ1) is 10.1. The van der Waals surface area contributed by atoms with Crippen molar-refractivity contribution in [3.63, 3.8) is 0 Å². The number of pyridine rings is 1. The number of nitrogens with one attached hydrogen (secondary N) is 1. The first-order valence-corrected chi connectivity index (χ1v) is 6.50. The number of hydrogen-bond acceptors (Lipinski definition) is 4. The van der Waals surface area contributed by atoms with Crippen molar-refractivity contribution in [2.75, 3.05) is 5.32 Å². The number of nitro benzene ring substituents is 1. The van der Waals surface area contributed by atoms with Crippen molar-refractivity contribution in [3.8, 4) is 0 Å². The van der Waals surface area contributed by atoms with Gasteiger partial charge in [0, 0.05) is 36.1 Å². The maximum atomic E-state index is 11.9. The molecule has 0 aliphatic carbocycles. The third-order valence-electron chi connectivity index (χ3n) is 3.05. The maximum Gasteiger partial charge on any atom is 0.274 e. The van der Waals surface area contributed by atoms with Crippen molar-refractivity contribution in [1.82, 2.24) is 4.98 Å². The van der Waals surface area contributed by atoms with Crippen LogP contribution in [0.3, 0.4) is 0 Å². The number of aromatic nitrogens is 1. The Morgan fingerprint density at radius 3 is 2.86 bits per heavy atom. The van der Waals surface area contributed by atoms with Crippen LogP contribution in [0.5, 0.6) is 0 Å². The van der Waals surface area contributed by atoms with E-state index in [4.69, 9.17) is 0 Å². The second-order valence-electron chi connectivity index (χ2n) is 4.67. The highest BCUT2D eigenvalue weighted by atomic mass is 16.6. The van der Waals surface area contributed by atoms with Crippen LogP contribution in [-0.2, 0) is 11.2 Å². The lowest BCUT2D eigenvalue weighted by Gasteiger charge is -2.06. The van der Waals surface area contributed by atoms with Crippen LogP contribution >= 0.6 is 0 Å². The summed E-state index contributed by atoms with van der Waals surface area (Å²) in [5, 5.41) is 13.5. The molecule has 0 bridgehead atoms. The Bertz CT molecular complexity index is 656. The molecule has 108 valence electrons. The lowest BCUT2D eigenvalue weighted by molar-refractivity contribution is -0.385. The Balaban J connectivity index is 1.97. The molecule has 0 unspecified atom stereocenters. The fourth-order valence-electron chi connectivity index (χ4n) is 1.91. The number of carbonyl (C=O) groups excluding carboxylic acids is 1. The number of carbonyl (C=O) groups is 1. The number of rotatable bonds is 5. The molecule has 1 aromatic heterocycles. The van der Waals surface area contributed by atoms with Crippen molar-refractivity contribution >= 4 is 17.3 Å². The van der Waals surface area contributed by atoms with Gasteiger partial charge in [-0.3, -0.25) is 19.9 Å². The minimum atomic E-state index is -0.458. The summed E-state index contributed by atoms with van der Waals surface area (Å²) < 4.78 is 0. The largest absolute Gasteiger partial charge is 0.326 e. The third kappa shape index (κ3) is 4.10. The van der Waals surface area contributed by atoms with E-state index in [0.717, 1.165) is 5.56 Å². The van der Waals surface area contributed by atoms with E-state index in [0.29, 0.717) is 24.1 Å². The van der Waals surface area contributed by atoms with Gasteiger partial charge in [0.1, 0.15) is 0 Å². The van der Waals surface area contributed by atoms with Gasteiger partial charge in [0.05, 0.1) is 4.92 Å². The van der Waals surface area contributed by atoms with E-state index in [1.54, 1.807) is 31.5 Å². The van der Waals surface area contributed by atoms with Gasteiger partial charge in [0.2, 0.25) is 5.91 Å². The molecule has 0 fully saturated rings. The van der Waals surface area contributed by atoms with Gasteiger partial charge in [-0.15, -0.1) is 0 Å². The van der Waals surface area contributed by atoms with Crippen LogP contribution in [0.15, 0.2) is 42.7 Å². The number of anilines is 1. The molecular weight excluding hydrogens is 270 g/mol. The van der Waals surface area contributed by atoms with E-state index >= 15 is 0 Å². The Labute approximate surface area is 122 Å². The first kappa shape index (κ1) is 14.6. The summed E-state index contributed by atoms with van der Waals surface area (Å²) in [6.45, 7) is 1.66. The number of aryl methyl sites for hydroxylation is 2. The zero-order valence-electron chi connectivity index (χ0n) is 11.6. The van der Waals surface area contributed by atoms with Crippen LogP contribution in [0.25, 0.3) is 0 Å². The normalized spacial score (nSPS) is 10.1. The van der Waals surface area contributed by atoms with Gasteiger partial charge in [0.15, 0.2) is 0 Å². The molecular formula is C15H15N3O3. The molecule has 21 heavy (non-hydrogen) atoms. The summed E-state index contributed by atoms with van der Waals surface area (Å²) in [6, 6.07) is 8.37. The van der Waals surface area contributed by atoms with Gasteiger partial charge in [-0.2, -0.15) is 0 Å². The summed E-state index contributed by atoms with van der Waals surface area (Å²) in [6.07, 6.45) is 4.26. The minimum absolute atomic E-state index is 0.0000550. The summed E-state index contributed by atoms with van der Waals surface area (Å²) in [5.41, 5.74) is 1.97. The number of nitrogens with zero attached hydrogens (tertiary/aromatic N) is 2. The van der Waals surface area contributed by atoms with Crippen molar-refractivity contribution in [2.45, 2.75) is 19.8 Å². The molecule has 0 spiro atoms. The second kappa shape index (κ2) is 6.60. The molecule has 1 heterocycles. The molecule has 6 nitrogen and oxygen atoms in total. The fraction of sp³-hybridized carbons (Fsp3) is 0.200. The van der Waals surface area contributed by atoms with Crippen molar-refractivity contribution < 1.29 is 9.72 Å². The predicted molar refractivity (Wildman–Crippen MR) is 79.0 cm³/mol. The van der Waals surface area contributed by atoms with Gasteiger partial charge in [-0.05, 0) is 31.0 Å². The molecule has 2 rings (SSSR count). The van der Waals surface area contributed by atoms with Gasteiger partial charge in [0.25, 0.3) is 5.69 Å². The number of benzene rings is 1. The van der Waals surface area contributed by atoms with E-state index in [-0.39, 0.29) is 11.6 Å². The molecule has 1 amide bonds. The average molecular weight is 285 g/mol. The highest BCUT2D eigenvalue weighted by molar-refractivity contribution is 5.91. The van der Waals surface area contributed by atoms with E-state index in [2.05, 4.69) is 10.3 Å². The quantitative estimate of drug-likeness (QED) is 0.676. The second-order valence-corrected chi connectivity index (χ2v) is 4.67. The van der Waals surface area contributed by atoms with Gasteiger partial charge >= 0.3 is 0 Å². The van der Waals surface area contributed by atoms with Crippen LogP contribution in [0.2, 0.25) is 0 Å². The van der Waals surface area contributed by atoms with Crippen molar-refractivity contribution in [3.05, 3.63) is 64.0 Å². The van der Waals surface area contributed by atoms with Crippen LogP contribution < -0.4 is 5.32 Å². The van der Waals surface area contributed by atoms with Crippen molar-refractivity contribution in [2.24, 2.45) is 0 Å². The van der Waals surface area contributed by atoms with Crippen LogP contribution in [0.4, 0.5) is 11.4 Å². The van der Waals surface area contributed by atoms with Gasteiger partial charge in [-0.1, -0.05) is 12.1 Å². The van der Waals surface area contributed by atoms with Gasteiger partial charge < -0.3 is 5.32 Å². The zero-order valence-corrected chi connectivity index (χ0v) is 11.6. The Morgan fingerprint density at radius 1 is 1.38 bits per heavy atom. The lowest BCUT2D eigenvalue weighted by Crippen LogP contribution is -2.12. The zero-order chi connectivity index (χ0) is 15.2. The van der Waals surface area contributed by atoms with Crippen LogP contribution in [-0.4, -0.2) is 15.8 Å². The Hall–Kier alpha value is -2.76. The number of hydrogen-bond donors (Lipinski definition) is 1. The molecule has 0 aliphatic heterocycles. The average Bonchev–Trinajstić information content (AvgIpc) is 2.48. The summed E-state index contributed by atoms with van der Waals surface area (Å²) >= 11 is 0. The molecule has 0 radical (unpaired) electrons. The van der Waals surface area contributed by atoms with E-state index in [9.17, 15) is 14.9 Å². The van der Waals surface area contributed by atoms with Crippen LogP contribution in [0.1, 0.15) is 17.5 Å². The lowest BCUT2D eigenvalue weighted by atomic mass is 10.1. The van der Waals surface area contributed by atoms with E-state index in [1.165, 1.54) is 6.07 Å². The standard InChI is InChI=1S/C15H15N3O3/c1-11-4-6-13(9-14(11)18(20)21)17-15(19)7-5-12-3-2-8-16-10-12/h2-4,6,8-10H,5,7H2,1H3,(H,17,19). The molecule has 0 saturated carbocycles. The highest BCUT2D eigenvalue weighted by Crippen LogP contribution is 2.22. The number of amides is 1. The Morgan fingerprint density at radius 2 is 2.19 bits per heavy atom. The fourth-order valence-corrected chi connectivity index (χ4v) is 1.91. The molecule has 0 atom stereocenters. The monoisotopic (exact) mass is 285 g/mol. The van der Waals surface area contributed by atoms with E-state index in [1.807, 2.05) is 12.1 Å². The SMILES string of the molecule is Cc1ccc(NC(=O)CCc2cccnc2)cc1[N+](=O)[O-]. The molecule has 0 aliphatic rings.